The SMILES string of the molecule is CCS(=O)(=O)Nc1ccccc1C(=O)N1CCC(CCN2CCOCC2)CC1. The van der Waals surface area contributed by atoms with E-state index < -0.39 is 10.0 Å². The van der Waals surface area contributed by atoms with Crippen LogP contribution >= 0.6 is 0 Å². The van der Waals surface area contributed by atoms with Gasteiger partial charge in [0.2, 0.25) is 10.0 Å². The summed E-state index contributed by atoms with van der Waals surface area (Å²) in [6.07, 6.45) is 3.16. The average molecular weight is 410 g/mol. The summed E-state index contributed by atoms with van der Waals surface area (Å²) in [7, 11) is -3.42. The highest BCUT2D eigenvalue weighted by Gasteiger charge is 2.26. The number of piperidine rings is 1. The van der Waals surface area contributed by atoms with Crippen LogP contribution in [0.4, 0.5) is 5.69 Å². The van der Waals surface area contributed by atoms with Gasteiger partial charge in [-0.15, -0.1) is 0 Å². The first kappa shape index (κ1) is 21.1. The van der Waals surface area contributed by atoms with Crippen molar-refractivity contribution in [3.8, 4) is 0 Å². The van der Waals surface area contributed by atoms with Crippen molar-refractivity contribution < 1.29 is 17.9 Å². The van der Waals surface area contributed by atoms with E-state index in [1.807, 2.05) is 4.90 Å². The molecule has 0 aromatic heterocycles. The van der Waals surface area contributed by atoms with Crippen molar-refractivity contribution in [2.75, 3.05) is 56.4 Å². The van der Waals surface area contributed by atoms with E-state index >= 15 is 0 Å². The number of morpholine rings is 1. The second kappa shape index (κ2) is 9.71. The van der Waals surface area contributed by atoms with Crippen LogP contribution in [0, 0.1) is 5.92 Å². The van der Waals surface area contributed by atoms with Crippen LogP contribution in [-0.2, 0) is 14.8 Å². The van der Waals surface area contributed by atoms with E-state index in [4.69, 9.17) is 4.74 Å². The third-order valence-electron chi connectivity index (χ3n) is 5.66. The van der Waals surface area contributed by atoms with Crippen LogP contribution in [-0.4, -0.2) is 75.8 Å². The number of ether oxygens (including phenoxy) is 1. The number of para-hydroxylation sites is 1. The van der Waals surface area contributed by atoms with Gasteiger partial charge in [0, 0.05) is 26.2 Å². The standard InChI is InChI=1S/C20H31N3O4S/c1-2-28(25,26)21-19-6-4-3-5-18(19)20(24)23-11-8-17(9-12-23)7-10-22-13-15-27-16-14-22/h3-6,17,21H,2,7-16H2,1H3. The fourth-order valence-corrected chi connectivity index (χ4v) is 4.44. The summed E-state index contributed by atoms with van der Waals surface area (Å²) in [6.45, 7) is 7.81. The number of nitrogens with zero attached hydrogens (tertiary/aromatic N) is 2. The molecule has 156 valence electrons. The molecule has 2 saturated heterocycles. The Bertz CT molecular complexity index is 754. The Balaban J connectivity index is 1.54. The zero-order chi connectivity index (χ0) is 20.0. The van der Waals surface area contributed by atoms with Crippen molar-refractivity contribution >= 4 is 21.6 Å². The number of amides is 1. The van der Waals surface area contributed by atoms with Crippen LogP contribution in [0.2, 0.25) is 0 Å². The first-order chi connectivity index (χ1) is 13.5. The van der Waals surface area contributed by atoms with Gasteiger partial charge >= 0.3 is 0 Å². The largest absolute Gasteiger partial charge is 0.379 e. The first-order valence-corrected chi connectivity index (χ1v) is 11.8. The van der Waals surface area contributed by atoms with Crippen molar-refractivity contribution in [3.63, 3.8) is 0 Å². The fraction of sp³-hybridized carbons (Fsp3) is 0.650. The van der Waals surface area contributed by atoms with Gasteiger partial charge < -0.3 is 9.64 Å². The molecule has 0 unspecified atom stereocenters. The molecule has 2 heterocycles. The molecule has 7 nitrogen and oxygen atoms in total. The number of sulfonamides is 1. The highest BCUT2D eigenvalue weighted by molar-refractivity contribution is 7.92. The Morgan fingerprint density at radius 2 is 1.82 bits per heavy atom. The van der Waals surface area contributed by atoms with Gasteiger partial charge in [-0.3, -0.25) is 14.4 Å². The summed E-state index contributed by atoms with van der Waals surface area (Å²) < 4.78 is 31.8. The van der Waals surface area contributed by atoms with Gasteiger partial charge in [0.15, 0.2) is 0 Å². The predicted molar refractivity (Wildman–Crippen MR) is 110 cm³/mol. The highest BCUT2D eigenvalue weighted by atomic mass is 32.2. The Morgan fingerprint density at radius 1 is 1.14 bits per heavy atom. The number of rotatable bonds is 7. The third kappa shape index (κ3) is 5.68. The summed E-state index contributed by atoms with van der Waals surface area (Å²) in [5, 5.41) is 0. The molecule has 1 aromatic carbocycles. The fourth-order valence-electron chi connectivity index (χ4n) is 3.78. The molecular formula is C20H31N3O4S. The lowest BCUT2D eigenvalue weighted by Gasteiger charge is -2.34. The van der Waals surface area contributed by atoms with Crippen molar-refractivity contribution in [1.29, 1.82) is 0 Å². The number of nitrogens with one attached hydrogen (secondary N) is 1. The highest BCUT2D eigenvalue weighted by Crippen LogP contribution is 2.25. The van der Waals surface area contributed by atoms with E-state index in [0.29, 0.717) is 17.2 Å². The van der Waals surface area contributed by atoms with Gasteiger partial charge in [-0.1, -0.05) is 12.1 Å². The Kier molecular flexibility index (Phi) is 7.31. The van der Waals surface area contributed by atoms with E-state index in [-0.39, 0.29) is 11.7 Å². The molecule has 0 saturated carbocycles. The van der Waals surface area contributed by atoms with Crippen LogP contribution < -0.4 is 4.72 Å². The van der Waals surface area contributed by atoms with Crippen molar-refractivity contribution in [3.05, 3.63) is 29.8 Å². The lowest BCUT2D eigenvalue weighted by molar-refractivity contribution is 0.0332. The van der Waals surface area contributed by atoms with E-state index in [1.54, 1.807) is 31.2 Å². The molecule has 8 heteroatoms. The summed E-state index contributed by atoms with van der Waals surface area (Å²) >= 11 is 0. The molecule has 0 aliphatic carbocycles. The number of hydrogen-bond donors (Lipinski definition) is 1. The maximum Gasteiger partial charge on any atom is 0.255 e. The van der Waals surface area contributed by atoms with Gasteiger partial charge in [0.1, 0.15) is 0 Å². The number of carbonyl (C=O) groups is 1. The van der Waals surface area contributed by atoms with Crippen LogP contribution in [0.15, 0.2) is 24.3 Å². The van der Waals surface area contributed by atoms with E-state index in [9.17, 15) is 13.2 Å². The minimum absolute atomic E-state index is 0.0237. The first-order valence-electron chi connectivity index (χ1n) is 10.2. The van der Waals surface area contributed by atoms with Gasteiger partial charge in [0.05, 0.1) is 30.2 Å². The zero-order valence-corrected chi connectivity index (χ0v) is 17.4. The van der Waals surface area contributed by atoms with Gasteiger partial charge in [0.25, 0.3) is 5.91 Å². The summed E-state index contributed by atoms with van der Waals surface area (Å²) in [4.78, 5) is 17.3. The average Bonchev–Trinajstić information content (AvgIpc) is 2.73. The number of benzene rings is 1. The molecule has 1 aromatic rings. The van der Waals surface area contributed by atoms with Crippen LogP contribution in [0.5, 0.6) is 0 Å². The van der Waals surface area contributed by atoms with Gasteiger partial charge in [-0.05, 0) is 50.8 Å². The minimum Gasteiger partial charge on any atom is -0.379 e. The number of carbonyl (C=O) groups excluding carboxylic acids is 1. The van der Waals surface area contributed by atoms with E-state index in [1.165, 1.54) is 0 Å². The predicted octanol–water partition coefficient (Wildman–Crippen LogP) is 2.02. The molecule has 2 aliphatic heterocycles. The van der Waals surface area contributed by atoms with Crippen LogP contribution in [0.3, 0.4) is 0 Å². The molecule has 28 heavy (non-hydrogen) atoms. The zero-order valence-electron chi connectivity index (χ0n) is 16.6. The normalized spacial score (nSPS) is 19.5. The Hall–Kier alpha value is -1.64. The number of hydrogen-bond acceptors (Lipinski definition) is 5. The quantitative estimate of drug-likeness (QED) is 0.745. The molecule has 2 fully saturated rings. The van der Waals surface area contributed by atoms with Crippen molar-refractivity contribution in [2.24, 2.45) is 5.92 Å². The number of likely N-dealkylation sites (tertiary alicyclic amines) is 1. The molecule has 0 radical (unpaired) electrons. The second-order valence-electron chi connectivity index (χ2n) is 7.53. The summed E-state index contributed by atoms with van der Waals surface area (Å²) in [6, 6.07) is 6.85. The molecule has 0 atom stereocenters. The lowest BCUT2D eigenvalue weighted by atomic mass is 9.93. The van der Waals surface area contributed by atoms with Crippen molar-refractivity contribution in [2.45, 2.75) is 26.2 Å². The molecule has 3 rings (SSSR count). The molecule has 0 spiro atoms. The van der Waals surface area contributed by atoms with E-state index in [2.05, 4.69) is 9.62 Å². The van der Waals surface area contributed by atoms with Crippen LogP contribution in [0.25, 0.3) is 0 Å². The molecule has 2 aliphatic rings. The van der Waals surface area contributed by atoms with Crippen molar-refractivity contribution in [1.82, 2.24) is 9.80 Å². The lowest BCUT2D eigenvalue weighted by Crippen LogP contribution is -2.41. The maximum atomic E-state index is 13.0. The summed E-state index contributed by atoms with van der Waals surface area (Å²) in [5.41, 5.74) is 0.787. The summed E-state index contributed by atoms with van der Waals surface area (Å²) in [5.74, 6) is 0.520. The topological polar surface area (TPSA) is 79.0 Å². The number of anilines is 1. The molecule has 1 amide bonds. The monoisotopic (exact) mass is 409 g/mol. The Labute approximate surface area is 168 Å². The maximum absolute atomic E-state index is 13.0. The van der Waals surface area contributed by atoms with Crippen LogP contribution in [0.1, 0.15) is 36.5 Å². The minimum atomic E-state index is -3.42. The molecular weight excluding hydrogens is 378 g/mol. The van der Waals surface area contributed by atoms with E-state index in [0.717, 1.165) is 65.2 Å². The molecule has 1 N–H and O–H groups in total. The Morgan fingerprint density at radius 3 is 2.50 bits per heavy atom. The smallest absolute Gasteiger partial charge is 0.255 e. The van der Waals surface area contributed by atoms with Gasteiger partial charge in [-0.2, -0.15) is 0 Å². The molecule has 0 bridgehead atoms. The second-order valence-corrected chi connectivity index (χ2v) is 9.54. The van der Waals surface area contributed by atoms with Gasteiger partial charge in [-0.25, -0.2) is 8.42 Å². The third-order valence-corrected chi connectivity index (χ3v) is 6.95.